The van der Waals surface area contributed by atoms with Crippen LogP contribution in [0.15, 0.2) is 24.3 Å². The minimum Gasteiger partial charge on any atom is -0.389 e. The number of aryl methyl sites for hydroxylation is 1. The lowest BCUT2D eigenvalue weighted by atomic mass is 9.58. The average Bonchev–Trinajstić information content (AvgIpc) is 2.47. The molecule has 1 fully saturated rings. The molecular weight excluding hydrogens is 234 g/mol. The highest BCUT2D eigenvalue weighted by Gasteiger charge is 2.50. The molecule has 3 rings (SSSR count). The molecule has 2 nitrogen and oxygen atoms in total. The number of fused-ring (bicyclic) bond motifs is 1. The summed E-state index contributed by atoms with van der Waals surface area (Å²) < 4.78 is 0. The lowest BCUT2D eigenvalue weighted by Crippen LogP contribution is -2.56. The fourth-order valence-electron chi connectivity index (χ4n) is 4.26. The Labute approximate surface area is 116 Å². The van der Waals surface area contributed by atoms with Gasteiger partial charge in [0.1, 0.15) is 0 Å². The molecule has 1 unspecified atom stereocenters. The van der Waals surface area contributed by atoms with Crippen LogP contribution in [0.1, 0.15) is 49.7 Å². The Morgan fingerprint density at radius 1 is 1.00 bits per heavy atom. The van der Waals surface area contributed by atoms with Gasteiger partial charge in [0, 0.05) is 18.4 Å². The zero-order valence-electron chi connectivity index (χ0n) is 11.7. The van der Waals surface area contributed by atoms with E-state index in [2.05, 4.69) is 24.3 Å². The van der Waals surface area contributed by atoms with Gasteiger partial charge in [0.2, 0.25) is 0 Å². The SMILES string of the molecule is NCC1(C2(O)CCc3ccccc3C2)CCCCC1. The van der Waals surface area contributed by atoms with Gasteiger partial charge in [0.15, 0.2) is 0 Å². The summed E-state index contributed by atoms with van der Waals surface area (Å²) in [5, 5.41) is 11.3. The normalized spacial score (nSPS) is 29.8. The van der Waals surface area contributed by atoms with E-state index < -0.39 is 5.60 Å². The average molecular weight is 259 g/mol. The molecule has 2 heteroatoms. The largest absolute Gasteiger partial charge is 0.389 e. The first kappa shape index (κ1) is 13.1. The Hall–Kier alpha value is -0.860. The second-order valence-corrected chi connectivity index (χ2v) is 6.52. The van der Waals surface area contributed by atoms with Crippen molar-refractivity contribution in [3.63, 3.8) is 0 Å². The molecule has 3 N–H and O–H groups in total. The van der Waals surface area contributed by atoms with Crippen molar-refractivity contribution >= 4 is 0 Å². The molecule has 0 aromatic heterocycles. The van der Waals surface area contributed by atoms with Gasteiger partial charge in [0.25, 0.3) is 0 Å². The van der Waals surface area contributed by atoms with Crippen LogP contribution in [0.3, 0.4) is 0 Å². The van der Waals surface area contributed by atoms with Gasteiger partial charge in [-0.3, -0.25) is 0 Å². The monoisotopic (exact) mass is 259 g/mol. The van der Waals surface area contributed by atoms with Crippen LogP contribution in [0, 0.1) is 5.41 Å². The second-order valence-electron chi connectivity index (χ2n) is 6.52. The Bertz CT molecular complexity index is 450. The van der Waals surface area contributed by atoms with Gasteiger partial charge in [-0.2, -0.15) is 0 Å². The molecule has 1 aromatic carbocycles. The third kappa shape index (κ3) is 2.11. The zero-order valence-corrected chi connectivity index (χ0v) is 11.7. The van der Waals surface area contributed by atoms with E-state index in [4.69, 9.17) is 5.73 Å². The van der Waals surface area contributed by atoms with Crippen LogP contribution < -0.4 is 5.73 Å². The van der Waals surface area contributed by atoms with Crippen molar-refractivity contribution in [3.8, 4) is 0 Å². The van der Waals surface area contributed by atoms with Crippen molar-refractivity contribution in [2.75, 3.05) is 6.54 Å². The summed E-state index contributed by atoms with van der Waals surface area (Å²) >= 11 is 0. The van der Waals surface area contributed by atoms with Crippen LogP contribution in [-0.4, -0.2) is 17.3 Å². The van der Waals surface area contributed by atoms with Crippen LogP contribution in [-0.2, 0) is 12.8 Å². The summed E-state index contributed by atoms with van der Waals surface area (Å²) in [6, 6.07) is 8.56. The Morgan fingerprint density at radius 2 is 1.68 bits per heavy atom. The lowest BCUT2D eigenvalue weighted by molar-refractivity contribution is -0.108. The van der Waals surface area contributed by atoms with Gasteiger partial charge in [-0.05, 0) is 36.8 Å². The molecule has 0 heterocycles. The molecule has 1 atom stereocenters. The maximum absolute atomic E-state index is 11.3. The smallest absolute Gasteiger partial charge is 0.0759 e. The molecule has 2 aliphatic rings. The highest BCUT2D eigenvalue weighted by molar-refractivity contribution is 5.32. The molecule has 1 aromatic rings. The summed E-state index contributed by atoms with van der Waals surface area (Å²) in [6.07, 6.45) is 8.61. The fraction of sp³-hybridized carbons (Fsp3) is 0.647. The zero-order chi connectivity index (χ0) is 13.3. The predicted molar refractivity (Wildman–Crippen MR) is 78.0 cm³/mol. The Balaban J connectivity index is 1.91. The van der Waals surface area contributed by atoms with Gasteiger partial charge >= 0.3 is 0 Å². The Kier molecular flexibility index (Phi) is 3.40. The number of hydrogen-bond donors (Lipinski definition) is 2. The van der Waals surface area contributed by atoms with Crippen LogP contribution >= 0.6 is 0 Å². The molecule has 0 amide bonds. The number of rotatable bonds is 2. The fourth-order valence-corrected chi connectivity index (χ4v) is 4.26. The number of hydrogen-bond acceptors (Lipinski definition) is 2. The number of nitrogens with two attached hydrogens (primary N) is 1. The van der Waals surface area contributed by atoms with Gasteiger partial charge < -0.3 is 10.8 Å². The van der Waals surface area contributed by atoms with Crippen molar-refractivity contribution in [2.24, 2.45) is 11.1 Å². The first-order chi connectivity index (χ1) is 9.19. The molecule has 2 aliphatic carbocycles. The van der Waals surface area contributed by atoms with E-state index in [9.17, 15) is 5.11 Å². The highest BCUT2D eigenvalue weighted by Crippen LogP contribution is 2.49. The molecule has 0 radical (unpaired) electrons. The predicted octanol–water partition coefficient (Wildman–Crippen LogP) is 2.82. The summed E-state index contributed by atoms with van der Waals surface area (Å²) in [5.74, 6) is 0. The van der Waals surface area contributed by atoms with E-state index in [1.807, 2.05) is 0 Å². The van der Waals surface area contributed by atoms with Crippen molar-refractivity contribution in [2.45, 2.75) is 57.0 Å². The molecule has 0 bridgehead atoms. The number of aliphatic hydroxyl groups is 1. The first-order valence-corrected chi connectivity index (χ1v) is 7.68. The molecular formula is C17H25NO. The number of benzene rings is 1. The van der Waals surface area contributed by atoms with Crippen LogP contribution in [0.25, 0.3) is 0 Å². The molecule has 104 valence electrons. The van der Waals surface area contributed by atoms with Crippen LogP contribution in [0.5, 0.6) is 0 Å². The minimum atomic E-state index is -0.587. The van der Waals surface area contributed by atoms with Crippen molar-refractivity contribution in [1.82, 2.24) is 0 Å². The van der Waals surface area contributed by atoms with Crippen molar-refractivity contribution in [3.05, 3.63) is 35.4 Å². The van der Waals surface area contributed by atoms with Gasteiger partial charge in [-0.1, -0.05) is 43.5 Å². The quantitative estimate of drug-likeness (QED) is 0.858. The third-order valence-electron chi connectivity index (χ3n) is 5.60. The summed E-state index contributed by atoms with van der Waals surface area (Å²) in [4.78, 5) is 0. The van der Waals surface area contributed by atoms with E-state index in [0.717, 1.165) is 32.1 Å². The van der Waals surface area contributed by atoms with E-state index in [-0.39, 0.29) is 5.41 Å². The van der Waals surface area contributed by atoms with Gasteiger partial charge in [0.05, 0.1) is 5.60 Å². The maximum atomic E-state index is 11.3. The maximum Gasteiger partial charge on any atom is 0.0759 e. The van der Waals surface area contributed by atoms with Gasteiger partial charge in [-0.15, -0.1) is 0 Å². The van der Waals surface area contributed by atoms with E-state index in [1.165, 1.54) is 30.4 Å². The van der Waals surface area contributed by atoms with Crippen LogP contribution in [0.2, 0.25) is 0 Å². The van der Waals surface area contributed by atoms with E-state index in [1.54, 1.807) is 0 Å². The van der Waals surface area contributed by atoms with Gasteiger partial charge in [-0.25, -0.2) is 0 Å². The Morgan fingerprint density at radius 3 is 2.37 bits per heavy atom. The molecule has 0 spiro atoms. The topological polar surface area (TPSA) is 46.2 Å². The lowest BCUT2D eigenvalue weighted by Gasteiger charge is -2.51. The van der Waals surface area contributed by atoms with Crippen molar-refractivity contribution < 1.29 is 5.11 Å². The molecule has 1 saturated carbocycles. The third-order valence-corrected chi connectivity index (χ3v) is 5.60. The van der Waals surface area contributed by atoms with E-state index in [0.29, 0.717) is 6.54 Å². The van der Waals surface area contributed by atoms with Crippen LogP contribution in [0.4, 0.5) is 0 Å². The second kappa shape index (κ2) is 4.92. The van der Waals surface area contributed by atoms with Crippen molar-refractivity contribution in [1.29, 1.82) is 0 Å². The summed E-state index contributed by atoms with van der Waals surface area (Å²) in [6.45, 7) is 0.631. The minimum absolute atomic E-state index is 0.0429. The molecule has 0 aliphatic heterocycles. The molecule has 0 saturated heterocycles. The summed E-state index contributed by atoms with van der Waals surface area (Å²) in [7, 11) is 0. The standard InChI is InChI=1S/C17H25NO/c18-13-16(9-4-1-5-10-16)17(19)11-8-14-6-2-3-7-15(14)12-17/h2-3,6-7,19H,1,4-5,8-13,18H2. The van der Waals surface area contributed by atoms with E-state index >= 15 is 0 Å². The highest BCUT2D eigenvalue weighted by atomic mass is 16.3. The summed E-state index contributed by atoms with van der Waals surface area (Å²) in [5.41, 5.74) is 8.23. The molecule has 19 heavy (non-hydrogen) atoms. The first-order valence-electron chi connectivity index (χ1n) is 7.68.